The van der Waals surface area contributed by atoms with E-state index in [4.69, 9.17) is 10.00 Å². The topological polar surface area (TPSA) is 109 Å². The Morgan fingerprint density at radius 3 is 2.96 bits per heavy atom. The average molecular weight is 327 g/mol. The fraction of sp³-hybridized carbons (Fsp3) is 0.400. The Labute approximate surface area is 138 Å². The number of hydrogen-bond acceptors (Lipinski definition) is 7. The number of morpholine rings is 1. The van der Waals surface area contributed by atoms with Gasteiger partial charge in [0.15, 0.2) is 5.82 Å². The predicted octanol–water partition coefficient (Wildman–Crippen LogP) is 0.594. The third-order valence-corrected chi connectivity index (χ3v) is 3.48. The van der Waals surface area contributed by atoms with Gasteiger partial charge in [0.1, 0.15) is 12.2 Å². The highest BCUT2D eigenvalue weighted by molar-refractivity contribution is 6.02. The Hall–Kier alpha value is -2.99. The summed E-state index contributed by atoms with van der Waals surface area (Å²) in [5.41, 5.74) is 0.991. The second-order valence-corrected chi connectivity index (χ2v) is 5.30. The SMILES string of the molecule is Cc1cc(C(=O)Nc2ccn(CC#N)n2)nc(N2CCOCC2)n1. The van der Waals surface area contributed by atoms with E-state index in [0.29, 0.717) is 43.8 Å². The third-order valence-electron chi connectivity index (χ3n) is 3.48. The van der Waals surface area contributed by atoms with Crippen LogP contribution in [0, 0.1) is 18.3 Å². The second kappa shape index (κ2) is 7.06. The van der Waals surface area contributed by atoms with Crippen LogP contribution >= 0.6 is 0 Å². The predicted molar refractivity (Wildman–Crippen MR) is 85.6 cm³/mol. The first-order valence-electron chi connectivity index (χ1n) is 7.56. The maximum atomic E-state index is 12.4. The molecule has 0 aromatic carbocycles. The molecule has 0 atom stereocenters. The van der Waals surface area contributed by atoms with Crippen molar-refractivity contribution < 1.29 is 9.53 Å². The van der Waals surface area contributed by atoms with Crippen molar-refractivity contribution in [2.45, 2.75) is 13.5 Å². The lowest BCUT2D eigenvalue weighted by atomic mass is 10.3. The van der Waals surface area contributed by atoms with Gasteiger partial charge < -0.3 is 15.0 Å². The summed E-state index contributed by atoms with van der Waals surface area (Å²) in [5.74, 6) is 0.537. The number of aryl methyl sites for hydroxylation is 1. The van der Waals surface area contributed by atoms with Crippen molar-refractivity contribution in [1.29, 1.82) is 5.26 Å². The zero-order chi connectivity index (χ0) is 16.9. The number of carbonyl (C=O) groups excluding carboxylic acids is 1. The third kappa shape index (κ3) is 3.67. The molecule has 0 bridgehead atoms. The van der Waals surface area contributed by atoms with Crippen LogP contribution in [0.4, 0.5) is 11.8 Å². The normalized spacial score (nSPS) is 14.2. The molecule has 0 radical (unpaired) electrons. The van der Waals surface area contributed by atoms with Crippen molar-refractivity contribution in [3.05, 3.63) is 29.7 Å². The monoisotopic (exact) mass is 327 g/mol. The van der Waals surface area contributed by atoms with Gasteiger partial charge in [-0.1, -0.05) is 0 Å². The van der Waals surface area contributed by atoms with Crippen LogP contribution in [0.25, 0.3) is 0 Å². The molecule has 124 valence electrons. The Morgan fingerprint density at radius 1 is 1.42 bits per heavy atom. The van der Waals surface area contributed by atoms with Gasteiger partial charge in [0.05, 0.1) is 19.3 Å². The minimum atomic E-state index is -0.364. The van der Waals surface area contributed by atoms with Gasteiger partial charge >= 0.3 is 0 Å². The first-order chi connectivity index (χ1) is 11.7. The highest BCUT2D eigenvalue weighted by Gasteiger charge is 2.18. The summed E-state index contributed by atoms with van der Waals surface area (Å²) in [6.07, 6.45) is 1.63. The minimum absolute atomic E-state index is 0.129. The van der Waals surface area contributed by atoms with Gasteiger partial charge in [-0.25, -0.2) is 9.97 Å². The van der Waals surface area contributed by atoms with E-state index in [0.717, 1.165) is 0 Å². The Bertz CT molecular complexity index is 774. The van der Waals surface area contributed by atoms with E-state index in [1.54, 1.807) is 18.3 Å². The molecular weight excluding hydrogens is 310 g/mol. The largest absolute Gasteiger partial charge is 0.378 e. The van der Waals surface area contributed by atoms with E-state index < -0.39 is 0 Å². The molecule has 1 N–H and O–H groups in total. The van der Waals surface area contributed by atoms with Gasteiger partial charge in [0.25, 0.3) is 5.91 Å². The molecule has 1 saturated heterocycles. The quantitative estimate of drug-likeness (QED) is 0.875. The van der Waals surface area contributed by atoms with Crippen LogP contribution in [-0.4, -0.2) is 52.0 Å². The number of rotatable bonds is 4. The summed E-state index contributed by atoms with van der Waals surface area (Å²) in [4.78, 5) is 23.2. The number of hydrogen-bond donors (Lipinski definition) is 1. The number of ether oxygens (including phenoxy) is 1. The van der Waals surface area contributed by atoms with Crippen LogP contribution in [-0.2, 0) is 11.3 Å². The first kappa shape index (κ1) is 15.9. The second-order valence-electron chi connectivity index (χ2n) is 5.30. The summed E-state index contributed by atoms with van der Waals surface area (Å²) in [6, 6.07) is 5.25. The zero-order valence-electron chi connectivity index (χ0n) is 13.3. The van der Waals surface area contributed by atoms with Gasteiger partial charge in [-0.15, -0.1) is 0 Å². The molecular formula is C15H17N7O2. The molecule has 9 heteroatoms. The molecule has 0 aliphatic carbocycles. The zero-order valence-corrected chi connectivity index (χ0v) is 13.3. The van der Waals surface area contributed by atoms with Crippen LogP contribution in [0.1, 0.15) is 16.2 Å². The van der Waals surface area contributed by atoms with E-state index in [-0.39, 0.29) is 18.1 Å². The molecule has 2 aromatic rings. The maximum absolute atomic E-state index is 12.4. The summed E-state index contributed by atoms with van der Waals surface area (Å²) < 4.78 is 6.76. The van der Waals surface area contributed by atoms with Crippen LogP contribution in [0.3, 0.4) is 0 Å². The van der Waals surface area contributed by atoms with Gasteiger partial charge in [-0.2, -0.15) is 10.4 Å². The number of carbonyl (C=O) groups is 1. The Balaban J connectivity index is 1.76. The summed E-state index contributed by atoms with van der Waals surface area (Å²) >= 11 is 0. The minimum Gasteiger partial charge on any atom is -0.378 e. The van der Waals surface area contributed by atoms with Crippen LogP contribution < -0.4 is 10.2 Å². The summed E-state index contributed by atoms with van der Waals surface area (Å²) in [6.45, 7) is 4.59. The molecule has 1 aliphatic heterocycles. The van der Waals surface area contributed by atoms with Crippen LogP contribution in [0.15, 0.2) is 18.3 Å². The molecule has 0 spiro atoms. The smallest absolute Gasteiger partial charge is 0.275 e. The molecule has 3 rings (SSSR count). The van der Waals surface area contributed by atoms with Crippen molar-refractivity contribution >= 4 is 17.7 Å². The lowest BCUT2D eigenvalue weighted by molar-refractivity contribution is 0.102. The highest BCUT2D eigenvalue weighted by Crippen LogP contribution is 2.13. The van der Waals surface area contributed by atoms with E-state index in [9.17, 15) is 4.79 Å². The van der Waals surface area contributed by atoms with Crippen molar-refractivity contribution in [2.24, 2.45) is 0 Å². The van der Waals surface area contributed by atoms with E-state index in [1.807, 2.05) is 17.9 Å². The fourth-order valence-electron chi connectivity index (χ4n) is 2.34. The van der Waals surface area contributed by atoms with E-state index >= 15 is 0 Å². The van der Waals surface area contributed by atoms with Crippen molar-refractivity contribution in [3.63, 3.8) is 0 Å². The lowest BCUT2D eigenvalue weighted by Crippen LogP contribution is -2.37. The van der Waals surface area contributed by atoms with Crippen LogP contribution in [0.5, 0.6) is 0 Å². The van der Waals surface area contributed by atoms with Crippen molar-refractivity contribution in [3.8, 4) is 6.07 Å². The van der Waals surface area contributed by atoms with Crippen molar-refractivity contribution in [1.82, 2.24) is 19.7 Å². The average Bonchev–Trinajstić information content (AvgIpc) is 3.02. The van der Waals surface area contributed by atoms with Crippen LogP contribution in [0.2, 0.25) is 0 Å². The number of nitrogens with zero attached hydrogens (tertiary/aromatic N) is 6. The molecule has 2 aromatic heterocycles. The molecule has 0 unspecified atom stereocenters. The summed E-state index contributed by atoms with van der Waals surface area (Å²) in [5, 5.41) is 15.4. The molecule has 3 heterocycles. The molecule has 1 amide bonds. The number of amides is 1. The first-order valence-corrected chi connectivity index (χ1v) is 7.56. The standard InChI is InChI=1S/C15H17N7O2/c1-11-10-12(18-15(17-11)21-6-8-24-9-7-21)14(23)19-13-2-4-22(20-13)5-3-16/h2,4,10H,5-9H2,1H3,(H,19,20,23). The highest BCUT2D eigenvalue weighted by atomic mass is 16.5. The molecule has 0 saturated carbocycles. The van der Waals surface area contributed by atoms with Gasteiger partial charge in [-0.3, -0.25) is 9.48 Å². The van der Waals surface area contributed by atoms with E-state index in [1.165, 1.54) is 4.68 Å². The fourth-order valence-corrected chi connectivity index (χ4v) is 2.34. The summed E-state index contributed by atoms with van der Waals surface area (Å²) in [7, 11) is 0. The van der Waals surface area contributed by atoms with Crippen molar-refractivity contribution in [2.75, 3.05) is 36.5 Å². The van der Waals surface area contributed by atoms with Gasteiger partial charge in [0, 0.05) is 31.0 Å². The Kier molecular flexibility index (Phi) is 4.67. The Morgan fingerprint density at radius 2 is 2.21 bits per heavy atom. The number of anilines is 2. The number of nitrogens with one attached hydrogen (secondary N) is 1. The lowest BCUT2D eigenvalue weighted by Gasteiger charge is -2.27. The van der Waals surface area contributed by atoms with Gasteiger partial charge in [-0.05, 0) is 13.0 Å². The van der Waals surface area contributed by atoms with Gasteiger partial charge in [0.2, 0.25) is 5.95 Å². The number of nitriles is 1. The maximum Gasteiger partial charge on any atom is 0.275 e. The van der Waals surface area contributed by atoms with E-state index in [2.05, 4.69) is 20.4 Å². The molecule has 9 nitrogen and oxygen atoms in total. The molecule has 1 aliphatic rings. The number of aromatic nitrogens is 4. The molecule has 24 heavy (non-hydrogen) atoms. The molecule has 1 fully saturated rings.